The van der Waals surface area contributed by atoms with E-state index in [0.717, 1.165) is 37.0 Å². The number of hydrogen-bond acceptors (Lipinski definition) is 3. The molecule has 0 bridgehead atoms. The molecule has 0 spiro atoms. The quantitative estimate of drug-likeness (QED) is 0.939. The maximum absolute atomic E-state index is 12.2. The average molecular weight is 284 g/mol. The first-order valence-electron chi connectivity index (χ1n) is 7.53. The highest BCUT2D eigenvalue weighted by atomic mass is 16.5. The largest absolute Gasteiger partial charge is 0.360 e. The second-order valence-corrected chi connectivity index (χ2v) is 5.77. The molecule has 110 valence electrons. The zero-order chi connectivity index (χ0) is 14.7. The van der Waals surface area contributed by atoms with Crippen molar-refractivity contribution in [2.24, 2.45) is 5.92 Å². The van der Waals surface area contributed by atoms with Crippen molar-refractivity contribution in [2.75, 3.05) is 6.54 Å². The van der Waals surface area contributed by atoms with Crippen LogP contribution in [0.2, 0.25) is 0 Å². The Morgan fingerprint density at radius 2 is 2.19 bits per heavy atom. The van der Waals surface area contributed by atoms with Crippen LogP contribution in [0.4, 0.5) is 0 Å². The third kappa shape index (κ3) is 3.15. The molecular formula is C17H20N2O2. The van der Waals surface area contributed by atoms with Crippen LogP contribution in [-0.4, -0.2) is 17.6 Å². The SMILES string of the molecule is C[C@H]1CCc2onc(C(=O)NCCc3ccccc3)c2C1. The lowest BCUT2D eigenvalue weighted by atomic mass is 9.88. The van der Waals surface area contributed by atoms with E-state index in [1.165, 1.54) is 5.56 Å². The number of aryl methyl sites for hydroxylation is 1. The van der Waals surface area contributed by atoms with E-state index in [9.17, 15) is 4.79 Å². The van der Waals surface area contributed by atoms with Crippen LogP contribution in [0.25, 0.3) is 0 Å². The summed E-state index contributed by atoms with van der Waals surface area (Å²) in [7, 11) is 0. The van der Waals surface area contributed by atoms with Gasteiger partial charge in [-0.05, 0) is 30.7 Å². The van der Waals surface area contributed by atoms with Crippen molar-refractivity contribution in [2.45, 2.75) is 32.6 Å². The maximum atomic E-state index is 12.2. The van der Waals surface area contributed by atoms with Crippen LogP contribution in [-0.2, 0) is 19.3 Å². The summed E-state index contributed by atoms with van der Waals surface area (Å²) in [6.07, 6.45) is 3.71. The van der Waals surface area contributed by atoms with Crippen molar-refractivity contribution in [1.29, 1.82) is 0 Å². The van der Waals surface area contributed by atoms with Crippen molar-refractivity contribution in [3.63, 3.8) is 0 Å². The van der Waals surface area contributed by atoms with Gasteiger partial charge in [-0.15, -0.1) is 0 Å². The van der Waals surface area contributed by atoms with Crippen molar-refractivity contribution < 1.29 is 9.32 Å². The van der Waals surface area contributed by atoms with Crippen LogP contribution in [0.15, 0.2) is 34.9 Å². The van der Waals surface area contributed by atoms with Crippen molar-refractivity contribution in [1.82, 2.24) is 10.5 Å². The molecule has 1 aromatic carbocycles. The van der Waals surface area contributed by atoms with Gasteiger partial charge >= 0.3 is 0 Å². The van der Waals surface area contributed by atoms with Gasteiger partial charge < -0.3 is 9.84 Å². The molecule has 4 nitrogen and oxygen atoms in total. The lowest BCUT2D eigenvalue weighted by molar-refractivity contribution is 0.0944. The number of benzene rings is 1. The van der Waals surface area contributed by atoms with Gasteiger partial charge in [-0.2, -0.15) is 0 Å². The van der Waals surface area contributed by atoms with Crippen LogP contribution in [0.1, 0.15) is 40.7 Å². The van der Waals surface area contributed by atoms with Crippen molar-refractivity contribution in [3.8, 4) is 0 Å². The van der Waals surface area contributed by atoms with Crippen LogP contribution >= 0.6 is 0 Å². The minimum absolute atomic E-state index is 0.120. The molecule has 3 rings (SSSR count). The van der Waals surface area contributed by atoms with Gasteiger partial charge in [-0.3, -0.25) is 4.79 Å². The summed E-state index contributed by atoms with van der Waals surface area (Å²) in [4.78, 5) is 12.2. The Bertz CT molecular complexity index is 619. The monoisotopic (exact) mass is 284 g/mol. The zero-order valence-electron chi connectivity index (χ0n) is 12.3. The first-order chi connectivity index (χ1) is 10.2. The third-order valence-corrected chi connectivity index (χ3v) is 4.04. The first-order valence-corrected chi connectivity index (χ1v) is 7.53. The molecule has 0 saturated carbocycles. The van der Waals surface area contributed by atoms with E-state index in [-0.39, 0.29) is 5.91 Å². The van der Waals surface area contributed by atoms with Gasteiger partial charge in [0.2, 0.25) is 0 Å². The smallest absolute Gasteiger partial charge is 0.273 e. The Morgan fingerprint density at radius 3 is 3.00 bits per heavy atom. The predicted octanol–water partition coefficient (Wildman–Crippen LogP) is 2.77. The predicted molar refractivity (Wildman–Crippen MR) is 80.2 cm³/mol. The topological polar surface area (TPSA) is 55.1 Å². The standard InChI is InChI=1S/C17H20N2O2/c1-12-7-8-15-14(11-12)16(19-21-15)17(20)18-10-9-13-5-3-2-4-6-13/h2-6,12H,7-11H2,1H3,(H,18,20)/t12-/m0/s1. The second-order valence-electron chi connectivity index (χ2n) is 5.77. The summed E-state index contributed by atoms with van der Waals surface area (Å²) in [5.74, 6) is 1.36. The van der Waals surface area contributed by atoms with Crippen molar-refractivity contribution in [3.05, 3.63) is 52.9 Å². The van der Waals surface area contributed by atoms with E-state index in [2.05, 4.69) is 29.5 Å². The Balaban J connectivity index is 1.60. The Kier molecular flexibility index (Phi) is 4.04. The number of hydrogen-bond donors (Lipinski definition) is 1. The average Bonchev–Trinajstić information content (AvgIpc) is 2.91. The molecule has 1 aliphatic carbocycles. The number of carbonyl (C=O) groups excluding carboxylic acids is 1. The number of fused-ring (bicyclic) bond motifs is 1. The maximum Gasteiger partial charge on any atom is 0.273 e. The van der Waals surface area contributed by atoms with Crippen LogP contribution in [0, 0.1) is 5.92 Å². The lowest BCUT2D eigenvalue weighted by Crippen LogP contribution is -2.27. The fraction of sp³-hybridized carbons (Fsp3) is 0.412. The number of carbonyl (C=O) groups is 1. The van der Waals surface area contributed by atoms with Gasteiger partial charge in [0.25, 0.3) is 5.91 Å². The summed E-state index contributed by atoms with van der Waals surface area (Å²) in [5.41, 5.74) is 2.70. The number of amides is 1. The van der Waals surface area contributed by atoms with E-state index in [4.69, 9.17) is 4.52 Å². The normalized spacial score (nSPS) is 17.3. The van der Waals surface area contributed by atoms with E-state index in [1.807, 2.05) is 18.2 Å². The molecule has 0 fully saturated rings. The van der Waals surface area contributed by atoms with Gasteiger partial charge in [0, 0.05) is 18.5 Å². The Labute approximate surface area is 124 Å². The van der Waals surface area contributed by atoms with Gasteiger partial charge in [0.1, 0.15) is 5.76 Å². The summed E-state index contributed by atoms with van der Waals surface area (Å²) in [6, 6.07) is 10.1. The molecule has 2 aromatic rings. The van der Waals surface area contributed by atoms with Gasteiger partial charge in [0.05, 0.1) is 0 Å². The minimum Gasteiger partial charge on any atom is -0.360 e. The number of nitrogens with zero attached hydrogens (tertiary/aromatic N) is 1. The van der Waals surface area contributed by atoms with Crippen LogP contribution in [0.5, 0.6) is 0 Å². The first kappa shape index (κ1) is 13.9. The Morgan fingerprint density at radius 1 is 1.38 bits per heavy atom. The number of nitrogens with one attached hydrogen (secondary N) is 1. The molecule has 1 aromatic heterocycles. The number of aromatic nitrogens is 1. The van der Waals surface area contributed by atoms with E-state index in [0.29, 0.717) is 18.2 Å². The molecule has 0 radical (unpaired) electrons. The summed E-state index contributed by atoms with van der Waals surface area (Å²) in [6.45, 7) is 2.81. The molecule has 1 atom stereocenters. The summed E-state index contributed by atoms with van der Waals surface area (Å²) >= 11 is 0. The summed E-state index contributed by atoms with van der Waals surface area (Å²) in [5, 5.41) is 6.91. The molecule has 1 aliphatic rings. The molecular weight excluding hydrogens is 264 g/mol. The van der Waals surface area contributed by atoms with Gasteiger partial charge in [0.15, 0.2) is 5.69 Å². The third-order valence-electron chi connectivity index (χ3n) is 4.04. The fourth-order valence-corrected chi connectivity index (χ4v) is 2.81. The Hall–Kier alpha value is -2.10. The molecule has 1 heterocycles. The van der Waals surface area contributed by atoms with Gasteiger partial charge in [-0.25, -0.2) is 0 Å². The van der Waals surface area contributed by atoms with E-state index >= 15 is 0 Å². The number of rotatable bonds is 4. The van der Waals surface area contributed by atoms with Crippen molar-refractivity contribution >= 4 is 5.91 Å². The molecule has 1 N–H and O–H groups in total. The molecule has 21 heavy (non-hydrogen) atoms. The second kappa shape index (κ2) is 6.12. The van der Waals surface area contributed by atoms with Crippen LogP contribution < -0.4 is 5.32 Å². The van der Waals surface area contributed by atoms with Crippen LogP contribution in [0.3, 0.4) is 0 Å². The lowest BCUT2D eigenvalue weighted by Gasteiger charge is -2.16. The molecule has 4 heteroatoms. The van der Waals surface area contributed by atoms with E-state index < -0.39 is 0 Å². The van der Waals surface area contributed by atoms with Gasteiger partial charge in [-0.1, -0.05) is 42.4 Å². The molecule has 0 aliphatic heterocycles. The summed E-state index contributed by atoms with van der Waals surface area (Å²) < 4.78 is 5.31. The molecule has 0 unspecified atom stereocenters. The fourth-order valence-electron chi connectivity index (χ4n) is 2.81. The highest BCUT2D eigenvalue weighted by Gasteiger charge is 2.26. The highest BCUT2D eigenvalue weighted by molar-refractivity contribution is 5.93. The minimum atomic E-state index is -0.120. The molecule has 1 amide bonds. The van der Waals surface area contributed by atoms with E-state index in [1.54, 1.807) is 0 Å². The molecule has 0 saturated heterocycles. The zero-order valence-corrected chi connectivity index (χ0v) is 12.3. The highest BCUT2D eigenvalue weighted by Crippen LogP contribution is 2.27.